The van der Waals surface area contributed by atoms with Crippen molar-refractivity contribution in [2.45, 2.75) is 13.0 Å². The Labute approximate surface area is 146 Å². The van der Waals surface area contributed by atoms with Gasteiger partial charge in [0.1, 0.15) is 5.75 Å². The molecule has 0 saturated carbocycles. The van der Waals surface area contributed by atoms with Crippen molar-refractivity contribution in [1.82, 2.24) is 5.32 Å². The number of hydrogen-bond acceptors (Lipinski definition) is 3. The lowest BCUT2D eigenvalue weighted by Crippen LogP contribution is -2.49. The van der Waals surface area contributed by atoms with E-state index in [0.717, 1.165) is 11.1 Å². The monoisotopic (exact) mass is 336 g/mol. The molecule has 128 valence electrons. The Morgan fingerprint density at radius 1 is 1.16 bits per heavy atom. The van der Waals surface area contributed by atoms with Crippen molar-refractivity contribution in [3.63, 3.8) is 0 Å². The van der Waals surface area contributed by atoms with E-state index >= 15 is 0 Å². The molecular formula is C20H20N2O3. The molecule has 1 N–H and O–H groups in total. The van der Waals surface area contributed by atoms with Crippen molar-refractivity contribution in [2.24, 2.45) is 0 Å². The highest BCUT2D eigenvalue weighted by Gasteiger charge is 2.32. The molecule has 0 unspecified atom stereocenters. The number of para-hydroxylation sites is 2. The number of nitrogens with one attached hydrogen (secondary N) is 1. The summed E-state index contributed by atoms with van der Waals surface area (Å²) < 4.78 is 5.72. The maximum Gasteiger partial charge on any atom is 0.262 e. The van der Waals surface area contributed by atoms with Gasteiger partial charge >= 0.3 is 0 Å². The minimum atomic E-state index is -0.726. The van der Waals surface area contributed by atoms with Crippen LogP contribution in [-0.2, 0) is 9.59 Å². The second-order valence-corrected chi connectivity index (χ2v) is 5.83. The van der Waals surface area contributed by atoms with Gasteiger partial charge < -0.3 is 15.0 Å². The standard InChI is InChI=1S/C20H20N2O3/c1-14-7-3-4-8-15(14)11-12-19(23)22-13-18(20(24)21-2)25-17-10-6-5-9-16(17)22/h3-12,18H,13H2,1-2H3,(H,21,24)/b12-11+/t18-/m1/s1. The summed E-state index contributed by atoms with van der Waals surface area (Å²) in [5.41, 5.74) is 2.75. The van der Waals surface area contributed by atoms with Gasteiger partial charge in [-0.05, 0) is 36.3 Å². The summed E-state index contributed by atoms with van der Waals surface area (Å²) in [7, 11) is 1.55. The van der Waals surface area contributed by atoms with Crippen molar-refractivity contribution >= 4 is 23.6 Å². The second-order valence-electron chi connectivity index (χ2n) is 5.83. The van der Waals surface area contributed by atoms with E-state index in [2.05, 4.69) is 5.32 Å². The van der Waals surface area contributed by atoms with Crippen LogP contribution in [-0.4, -0.2) is 31.5 Å². The highest BCUT2D eigenvalue weighted by atomic mass is 16.5. The van der Waals surface area contributed by atoms with Gasteiger partial charge in [0, 0.05) is 13.1 Å². The first kappa shape index (κ1) is 16.8. The van der Waals surface area contributed by atoms with Crippen LogP contribution >= 0.6 is 0 Å². The van der Waals surface area contributed by atoms with Crippen LogP contribution in [0.4, 0.5) is 5.69 Å². The number of carbonyl (C=O) groups is 2. The molecule has 0 aliphatic carbocycles. The Hall–Kier alpha value is -3.08. The highest BCUT2D eigenvalue weighted by molar-refractivity contribution is 6.05. The number of rotatable bonds is 3. The van der Waals surface area contributed by atoms with Gasteiger partial charge in [-0.3, -0.25) is 9.59 Å². The molecule has 5 heteroatoms. The van der Waals surface area contributed by atoms with Crippen molar-refractivity contribution in [1.29, 1.82) is 0 Å². The third-order valence-electron chi connectivity index (χ3n) is 4.17. The summed E-state index contributed by atoms with van der Waals surface area (Å²) in [6.07, 6.45) is 2.60. The summed E-state index contributed by atoms with van der Waals surface area (Å²) in [6.45, 7) is 2.17. The number of carbonyl (C=O) groups excluding carboxylic acids is 2. The Bertz CT molecular complexity index is 829. The van der Waals surface area contributed by atoms with Crippen LogP contribution in [0.25, 0.3) is 6.08 Å². The van der Waals surface area contributed by atoms with E-state index in [1.54, 1.807) is 24.1 Å². The normalized spacial score (nSPS) is 16.2. The molecule has 2 amide bonds. The fourth-order valence-electron chi connectivity index (χ4n) is 2.77. The first-order chi connectivity index (χ1) is 12.1. The molecule has 0 bridgehead atoms. The lowest BCUT2D eigenvalue weighted by molar-refractivity contribution is -0.127. The Morgan fingerprint density at radius 3 is 2.64 bits per heavy atom. The van der Waals surface area contributed by atoms with Crippen molar-refractivity contribution < 1.29 is 14.3 Å². The van der Waals surface area contributed by atoms with E-state index in [4.69, 9.17) is 4.74 Å². The molecule has 0 aromatic heterocycles. The van der Waals surface area contributed by atoms with E-state index in [1.165, 1.54) is 6.08 Å². The van der Waals surface area contributed by atoms with Crippen LogP contribution in [0.15, 0.2) is 54.6 Å². The molecule has 0 radical (unpaired) electrons. The lowest BCUT2D eigenvalue weighted by Gasteiger charge is -2.33. The number of benzene rings is 2. The van der Waals surface area contributed by atoms with Gasteiger partial charge in [-0.15, -0.1) is 0 Å². The number of anilines is 1. The Morgan fingerprint density at radius 2 is 1.88 bits per heavy atom. The Balaban J connectivity index is 1.88. The number of ether oxygens (including phenoxy) is 1. The first-order valence-electron chi connectivity index (χ1n) is 8.12. The van der Waals surface area contributed by atoms with Crippen LogP contribution in [0.2, 0.25) is 0 Å². The van der Waals surface area contributed by atoms with E-state index in [-0.39, 0.29) is 18.4 Å². The largest absolute Gasteiger partial charge is 0.477 e. The number of aryl methyl sites for hydroxylation is 1. The molecule has 1 aliphatic heterocycles. The molecule has 1 aliphatic rings. The van der Waals surface area contributed by atoms with Crippen LogP contribution in [0, 0.1) is 6.92 Å². The Kier molecular flexibility index (Phi) is 4.84. The maximum absolute atomic E-state index is 12.8. The van der Waals surface area contributed by atoms with Crippen molar-refractivity contribution in [3.05, 3.63) is 65.7 Å². The third-order valence-corrected chi connectivity index (χ3v) is 4.17. The molecule has 0 saturated heterocycles. The van der Waals surface area contributed by atoms with E-state index in [9.17, 15) is 9.59 Å². The number of hydrogen-bond donors (Lipinski definition) is 1. The van der Waals surface area contributed by atoms with Gasteiger partial charge in [-0.2, -0.15) is 0 Å². The summed E-state index contributed by atoms with van der Waals surface area (Å²) in [5, 5.41) is 2.57. The van der Waals surface area contributed by atoms with Gasteiger partial charge in [0.2, 0.25) is 0 Å². The molecule has 25 heavy (non-hydrogen) atoms. The lowest BCUT2D eigenvalue weighted by atomic mass is 10.1. The van der Waals surface area contributed by atoms with Crippen molar-refractivity contribution in [2.75, 3.05) is 18.5 Å². The molecule has 0 fully saturated rings. The van der Waals surface area contributed by atoms with Crippen LogP contribution in [0.5, 0.6) is 5.75 Å². The summed E-state index contributed by atoms with van der Waals surface area (Å²) in [6, 6.07) is 15.1. The summed E-state index contributed by atoms with van der Waals surface area (Å²) >= 11 is 0. The number of amides is 2. The smallest absolute Gasteiger partial charge is 0.262 e. The van der Waals surface area contributed by atoms with Gasteiger partial charge in [-0.25, -0.2) is 0 Å². The first-order valence-corrected chi connectivity index (χ1v) is 8.12. The zero-order chi connectivity index (χ0) is 17.8. The molecule has 2 aromatic carbocycles. The quantitative estimate of drug-likeness (QED) is 0.877. The summed E-state index contributed by atoms with van der Waals surface area (Å²) in [4.78, 5) is 26.3. The van der Waals surface area contributed by atoms with Crippen LogP contribution in [0.3, 0.4) is 0 Å². The second kappa shape index (κ2) is 7.21. The minimum absolute atomic E-state index is 0.174. The zero-order valence-electron chi connectivity index (χ0n) is 14.2. The van der Waals surface area contributed by atoms with Crippen LogP contribution < -0.4 is 15.0 Å². The number of fused-ring (bicyclic) bond motifs is 1. The van der Waals surface area contributed by atoms with Gasteiger partial charge in [0.05, 0.1) is 12.2 Å². The minimum Gasteiger partial charge on any atom is -0.477 e. The van der Waals surface area contributed by atoms with Gasteiger partial charge in [0.25, 0.3) is 11.8 Å². The average molecular weight is 336 g/mol. The zero-order valence-corrected chi connectivity index (χ0v) is 14.2. The summed E-state index contributed by atoms with van der Waals surface area (Å²) in [5.74, 6) is 0.0862. The molecule has 1 heterocycles. The predicted molar refractivity (Wildman–Crippen MR) is 97.5 cm³/mol. The fourth-order valence-corrected chi connectivity index (χ4v) is 2.77. The van der Waals surface area contributed by atoms with Gasteiger partial charge in [-0.1, -0.05) is 36.4 Å². The third kappa shape index (κ3) is 3.55. The van der Waals surface area contributed by atoms with E-state index in [1.807, 2.05) is 49.4 Å². The number of nitrogens with zero attached hydrogens (tertiary/aromatic N) is 1. The predicted octanol–water partition coefficient (Wildman–Crippen LogP) is 2.55. The molecule has 5 nitrogen and oxygen atoms in total. The SMILES string of the molecule is CNC(=O)[C@H]1CN(C(=O)/C=C/c2ccccc2C)c2ccccc2O1. The number of likely N-dealkylation sites (N-methyl/N-ethyl adjacent to an activating group) is 1. The van der Waals surface area contributed by atoms with Crippen molar-refractivity contribution in [3.8, 4) is 5.75 Å². The molecule has 1 atom stereocenters. The molecule has 2 aromatic rings. The molecule has 0 spiro atoms. The van der Waals surface area contributed by atoms with Crippen LogP contribution in [0.1, 0.15) is 11.1 Å². The highest BCUT2D eigenvalue weighted by Crippen LogP contribution is 2.33. The van der Waals surface area contributed by atoms with Gasteiger partial charge in [0.15, 0.2) is 6.10 Å². The maximum atomic E-state index is 12.8. The van der Waals surface area contributed by atoms with E-state index < -0.39 is 6.10 Å². The molecular weight excluding hydrogens is 316 g/mol. The van der Waals surface area contributed by atoms with E-state index in [0.29, 0.717) is 11.4 Å². The fraction of sp³-hybridized carbons (Fsp3) is 0.200. The average Bonchev–Trinajstić information content (AvgIpc) is 2.65. The molecule has 3 rings (SSSR count). The topological polar surface area (TPSA) is 58.6 Å².